The van der Waals surface area contributed by atoms with E-state index in [1.54, 1.807) is 11.3 Å². The van der Waals surface area contributed by atoms with E-state index in [2.05, 4.69) is 36.3 Å². The first-order valence-corrected chi connectivity index (χ1v) is 8.10. The van der Waals surface area contributed by atoms with Gasteiger partial charge in [0.25, 0.3) is 0 Å². The number of rotatable bonds is 2. The lowest BCUT2D eigenvalue weighted by atomic mass is 9.73. The molecule has 2 heterocycles. The smallest absolute Gasteiger partial charge is 0.0809 e. The average Bonchev–Trinajstić information content (AvgIpc) is 2.83. The number of nitrogens with two attached hydrogens (primary N) is 1. The minimum Gasteiger partial charge on any atom is -0.324 e. The highest BCUT2D eigenvalue weighted by Gasteiger charge is 2.29. The fraction of sp³-hybridized carbons (Fsp3) is 0.562. The molecule has 0 amide bonds. The van der Waals surface area contributed by atoms with Crippen LogP contribution < -0.4 is 5.73 Å². The molecule has 1 aliphatic rings. The minimum atomic E-state index is 0.143. The molecule has 0 bridgehead atoms. The van der Waals surface area contributed by atoms with Crippen molar-refractivity contribution in [2.45, 2.75) is 39.2 Å². The largest absolute Gasteiger partial charge is 0.324 e. The molecule has 102 valence electrons. The number of fused-ring (bicyclic) bond motifs is 1. The van der Waals surface area contributed by atoms with E-state index in [1.807, 2.05) is 6.20 Å². The predicted molar refractivity (Wildman–Crippen MR) is 82.2 cm³/mol. The second-order valence-electron chi connectivity index (χ2n) is 6.28. The van der Waals surface area contributed by atoms with Gasteiger partial charge in [0.15, 0.2) is 0 Å². The van der Waals surface area contributed by atoms with Crippen LogP contribution in [-0.2, 0) is 0 Å². The first-order valence-electron chi connectivity index (χ1n) is 7.22. The number of thiophene rings is 1. The van der Waals surface area contributed by atoms with Crippen LogP contribution in [-0.4, -0.2) is 4.98 Å². The van der Waals surface area contributed by atoms with E-state index in [0.717, 1.165) is 17.4 Å². The molecule has 3 atom stereocenters. The monoisotopic (exact) mass is 274 g/mol. The summed E-state index contributed by atoms with van der Waals surface area (Å²) in [5.41, 5.74) is 8.82. The van der Waals surface area contributed by atoms with Crippen LogP contribution in [0.5, 0.6) is 0 Å². The average molecular weight is 274 g/mol. The first-order chi connectivity index (χ1) is 9.13. The zero-order valence-corrected chi connectivity index (χ0v) is 12.5. The van der Waals surface area contributed by atoms with E-state index in [-0.39, 0.29) is 6.04 Å². The number of aromatic nitrogens is 1. The van der Waals surface area contributed by atoms with Gasteiger partial charge in [0.05, 0.1) is 10.2 Å². The van der Waals surface area contributed by atoms with Gasteiger partial charge in [-0.05, 0) is 60.1 Å². The Kier molecular flexibility index (Phi) is 3.59. The van der Waals surface area contributed by atoms with Crippen molar-refractivity contribution in [3.05, 3.63) is 29.3 Å². The summed E-state index contributed by atoms with van der Waals surface area (Å²) in [7, 11) is 0. The zero-order valence-electron chi connectivity index (χ0n) is 11.7. The quantitative estimate of drug-likeness (QED) is 0.883. The lowest BCUT2D eigenvalue weighted by Crippen LogP contribution is -2.29. The zero-order chi connectivity index (χ0) is 13.4. The molecule has 2 aromatic heterocycles. The molecule has 0 saturated heterocycles. The molecule has 1 fully saturated rings. The predicted octanol–water partition coefficient (Wildman–Crippen LogP) is 4.37. The Bertz CT molecular complexity index is 553. The lowest BCUT2D eigenvalue weighted by Gasteiger charge is -2.35. The third-order valence-electron chi connectivity index (χ3n) is 4.43. The van der Waals surface area contributed by atoms with E-state index in [4.69, 9.17) is 5.73 Å². The van der Waals surface area contributed by atoms with Crippen molar-refractivity contribution in [2.24, 2.45) is 23.5 Å². The Balaban J connectivity index is 1.83. The van der Waals surface area contributed by atoms with Gasteiger partial charge < -0.3 is 5.73 Å². The summed E-state index contributed by atoms with van der Waals surface area (Å²) < 4.78 is 1.25. The van der Waals surface area contributed by atoms with Crippen LogP contribution >= 0.6 is 11.3 Å². The summed E-state index contributed by atoms with van der Waals surface area (Å²) in [6.07, 6.45) is 5.84. The Labute approximate surface area is 119 Å². The second-order valence-corrected chi connectivity index (χ2v) is 7.22. The van der Waals surface area contributed by atoms with E-state index < -0.39 is 0 Å². The maximum absolute atomic E-state index is 6.52. The fourth-order valence-corrected chi connectivity index (χ4v) is 4.41. The van der Waals surface area contributed by atoms with Gasteiger partial charge in [0, 0.05) is 12.2 Å². The molecule has 1 aliphatic carbocycles. The molecule has 0 radical (unpaired) electrons. The third kappa shape index (κ3) is 2.67. The van der Waals surface area contributed by atoms with Crippen LogP contribution in [0.2, 0.25) is 0 Å². The molecule has 2 nitrogen and oxygen atoms in total. The van der Waals surface area contributed by atoms with Gasteiger partial charge in [-0.2, -0.15) is 0 Å². The molecule has 1 saturated carbocycles. The Morgan fingerprint density at radius 1 is 1.26 bits per heavy atom. The van der Waals surface area contributed by atoms with E-state index in [1.165, 1.54) is 29.5 Å². The summed E-state index contributed by atoms with van der Waals surface area (Å²) in [6.45, 7) is 4.71. The normalized spacial score (nSPS) is 29.5. The maximum Gasteiger partial charge on any atom is 0.0809 e. The molecule has 2 aromatic rings. The van der Waals surface area contributed by atoms with Crippen LogP contribution in [0.25, 0.3) is 10.2 Å². The summed E-state index contributed by atoms with van der Waals surface area (Å²) in [6, 6.07) is 4.45. The number of hydrogen-bond donors (Lipinski definition) is 1. The highest BCUT2D eigenvalue weighted by Crippen LogP contribution is 2.39. The summed E-state index contributed by atoms with van der Waals surface area (Å²) in [4.78, 5) is 4.53. The Hall–Kier alpha value is -0.930. The molecule has 2 N–H and O–H groups in total. The van der Waals surface area contributed by atoms with Gasteiger partial charge in [0.2, 0.25) is 0 Å². The topological polar surface area (TPSA) is 38.9 Å². The van der Waals surface area contributed by atoms with Gasteiger partial charge in [-0.15, -0.1) is 11.3 Å². The van der Waals surface area contributed by atoms with Crippen LogP contribution in [0, 0.1) is 17.8 Å². The highest BCUT2D eigenvalue weighted by molar-refractivity contribution is 7.17. The van der Waals surface area contributed by atoms with Gasteiger partial charge in [-0.25, -0.2) is 0 Å². The Morgan fingerprint density at radius 3 is 2.74 bits per heavy atom. The molecular weight excluding hydrogens is 252 g/mol. The van der Waals surface area contributed by atoms with Crippen molar-refractivity contribution < 1.29 is 0 Å². The van der Waals surface area contributed by atoms with Crippen molar-refractivity contribution in [3.63, 3.8) is 0 Å². The van der Waals surface area contributed by atoms with Crippen molar-refractivity contribution in [1.82, 2.24) is 4.98 Å². The number of nitrogens with zero attached hydrogens (tertiary/aromatic N) is 1. The first kappa shape index (κ1) is 13.1. The molecule has 0 aromatic carbocycles. The third-order valence-corrected chi connectivity index (χ3v) is 5.28. The number of pyridine rings is 1. The standard InChI is InChI=1S/C16H22N2S/c1-10-5-11(2)7-12(6-10)16(17)13-8-15-14(18-9-13)3-4-19-15/h3-4,8-12,16H,5-7,17H2,1-2H3. The van der Waals surface area contributed by atoms with Gasteiger partial charge in [0.1, 0.15) is 0 Å². The summed E-state index contributed by atoms with van der Waals surface area (Å²) in [5, 5.41) is 2.09. The molecule has 3 heteroatoms. The maximum atomic E-state index is 6.52. The molecule has 3 unspecified atom stereocenters. The lowest BCUT2D eigenvalue weighted by molar-refractivity contribution is 0.193. The van der Waals surface area contributed by atoms with Crippen LogP contribution in [0.1, 0.15) is 44.7 Å². The summed E-state index contributed by atoms with van der Waals surface area (Å²) >= 11 is 1.75. The molecule has 19 heavy (non-hydrogen) atoms. The van der Waals surface area contributed by atoms with Crippen LogP contribution in [0.4, 0.5) is 0 Å². The van der Waals surface area contributed by atoms with Crippen molar-refractivity contribution >= 4 is 21.6 Å². The second kappa shape index (κ2) is 5.22. The van der Waals surface area contributed by atoms with Crippen molar-refractivity contribution in [3.8, 4) is 0 Å². The molecule has 0 spiro atoms. The van der Waals surface area contributed by atoms with E-state index >= 15 is 0 Å². The fourth-order valence-electron chi connectivity index (χ4n) is 3.62. The summed E-state index contributed by atoms with van der Waals surface area (Å²) in [5.74, 6) is 2.22. The van der Waals surface area contributed by atoms with Gasteiger partial charge >= 0.3 is 0 Å². The van der Waals surface area contributed by atoms with Crippen LogP contribution in [0.15, 0.2) is 23.7 Å². The highest BCUT2D eigenvalue weighted by atomic mass is 32.1. The van der Waals surface area contributed by atoms with Crippen molar-refractivity contribution in [2.75, 3.05) is 0 Å². The molecule has 3 rings (SSSR count). The van der Waals surface area contributed by atoms with Gasteiger partial charge in [-0.1, -0.05) is 13.8 Å². The SMILES string of the molecule is CC1CC(C)CC(C(N)c2cnc3ccsc3c2)C1. The van der Waals surface area contributed by atoms with E-state index in [9.17, 15) is 0 Å². The molecular formula is C16H22N2S. The number of hydrogen-bond acceptors (Lipinski definition) is 3. The van der Waals surface area contributed by atoms with E-state index in [0.29, 0.717) is 5.92 Å². The molecule has 0 aliphatic heterocycles. The Morgan fingerprint density at radius 2 is 2.00 bits per heavy atom. The van der Waals surface area contributed by atoms with Gasteiger partial charge in [-0.3, -0.25) is 4.98 Å². The van der Waals surface area contributed by atoms with Crippen LogP contribution in [0.3, 0.4) is 0 Å². The minimum absolute atomic E-state index is 0.143. The van der Waals surface area contributed by atoms with Crippen molar-refractivity contribution in [1.29, 1.82) is 0 Å².